The van der Waals surface area contributed by atoms with E-state index in [-0.39, 0.29) is 4.87 Å². The molecule has 0 fully saturated rings. The van der Waals surface area contributed by atoms with E-state index in [1.54, 1.807) is 15.9 Å². The maximum atomic E-state index is 11.6. The van der Waals surface area contributed by atoms with E-state index in [0.717, 1.165) is 16.6 Å². The number of hydrogen-bond donors (Lipinski definition) is 0. The van der Waals surface area contributed by atoms with Gasteiger partial charge >= 0.3 is 4.87 Å². The molecular weight excluding hydrogens is 276 g/mol. The van der Waals surface area contributed by atoms with Crippen molar-refractivity contribution in [1.82, 2.24) is 9.47 Å². The van der Waals surface area contributed by atoms with Crippen LogP contribution in [0, 0.1) is 6.92 Å². The third-order valence-corrected chi connectivity index (χ3v) is 4.51. The van der Waals surface area contributed by atoms with Gasteiger partial charge in [0, 0.05) is 22.5 Å². The van der Waals surface area contributed by atoms with E-state index >= 15 is 0 Å². The van der Waals surface area contributed by atoms with Crippen molar-refractivity contribution >= 4 is 34.3 Å². The molecule has 0 amide bonds. The summed E-state index contributed by atoms with van der Waals surface area (Å²) in [7, 11) is 2.00. The molecule has 2 heterocycles. The van der Waals surface area contributed by atoms with Crippen molar-refractivity contribution in [2.45, 2.75) is 20.1 Å². The molecule has 2 rings (SSSR count). The van der Waals surface area contributed by atoms with Crippen LogP contribution in [0.3, 0.4) is 0 Å². The van der Waals surface area contributed by atoms with Crippen LogP contribution in [0.15, 0.2) is 22.3 Å². The van der Waals surface area contributed by atoms with Crippen LogP contribution in [-0.4, -0.2) is 16.5 Å². The second-order valence-corrected chi connectivity index (χ2v) is 6.55. The van der Waals surface area contributed by atoms with Gasteiger partial charge in [-0.2, -0.15) is 0 Å². The van der Waals surface area contributed by atoms with Crippen LogP contribution in [0.25, 0.3) is 0 Å². The molecule has 0 aromatic carbocycles. The van der Waals surface area contributed by atoms with E-state index in [2.05, 4.69) is 4.90 Å². The fourth-order valence-electron chi connectivity index (χ4n) is 1.57. The Bertz CT molecular complexity index is 558. The number of thiophene rings is 1. The highest BCUT2D eigenvalue weighted by Gasteiger charge is 2.07. The van der Waals surface area contributed by atoms with E-state index in [4.69, 9.17) is 11.6 Å². The summed E-state index contributed by atoms with van der Waals surface area (Å²) < 4.78 is 2.58. The maximum Gasteiger partial charge on any atom is 0.308 e. The summed E-state index contributed by atoms with van der Waals surface area (Å²) >= 11 is 8.71. The molecule has 0 aliphatic rings. The molecule has 0 saturated heterocycles. The molecule has 0 radical (unpaired) electrons. The number of thiazole rings is 1. The lowest BCUT2D eigenvalue weighted by molar-refractivity contribution is 0.258. The van der Waals surface area contributed by atoms with E-state index < -0.39 is 0 Å². The Morgan fingerprint density at radius 3 is 2.76 bits per heavy atom. The Kier molecular flexibility index (Phi) is 4.04. The summed E-state index contributed by atoms with van der Waals surface area (Å²) in [6.07, 6.45) is 0. The Morgan fingerprint density at radius 1 is 1.47 bits per heavy atom. The smallest absolute Gasteiger partial charge is 0.290 e. The number of aromatic nitrogens is 1. The standard InChI is InChI=1S/C11H13ClN2OS2/c1-8-6-16-11(15)14(8)7-13(2)5-9-3-4-10(12)17-9/h3-4,6H,5,7H2,1-2H3. The van der Waals surface area contributed by atoms with Gasteiger partial charge in [0.15, 0.2) is 0 Å². The second-order valence-electron chi connectivity index (χ2n) is 3.93. The van der Waals surface area contributed by atoms with E-state index in [0.29, 0.717) is 6.67 Å². The average molecular weight is 289 g/mol. The molecule has 0 aliphatic heterocycles. The molecule has 0 atom stereocenters. The number of nitrogens with zero attached hydrogens (tertiary/aromatic N) is 2. The van der Waals surface area contributed by atoms with Gasteiger partial charge in [-0.15, -0.1) is 11.3 Å². The summed E-state index contributed by atoms with van der Waals surface area (Å²) in [5.41, 5.74) is 1.01. The van der Waals surface area contributed by atoms with E-state index in [1.165, 1.54) is 16.2 Å². The van der Waals surface area contributed by atoms with Crippen LogP contribution >= 0.6 is 34.3 Å². The van der Waals surface area contributed by atoms with Crippen LogP contribution in [0.5, 0.6) is 0 Å². The Hall–Kier alpha value is -0.620. The minimum Gasteiger partial charge on any atom is -0.290 e. The summed E-state index contributed by atoms with van der Waals surface area (Å²) in [5.74, 6) is 0. The second kappa shape index (κ2) is 5.35. The predicted octanol–water partition coefficient (Wildman–Crippen LogP) is 3.02. The lowest BCUT2D eigenvalue weighted by atomic mass is 10.4. The monoisotopic (exact) mass is 288 g/mol. The van der Waals surface area contributed by atoms with Crippen molar-refractivity contribution in [1.29, 1.82) is 0 Å². The van der Waals surface area contributed by atoms with Gasteiger partial charge in [0.25, 0.3) is 0 Å². The topological polar surface area (TPSA) is 25.2 Å². The first-order chi connectivity index (χ1) is 8.06. The molecule has 0 N–H and O–H groups in total. The summed E-state index contributed by atoms with van der Waals surface area (Å²) in [4.78, 5) is 15.0. The normalized spacial score (nSPS) is 11.3. The molecule has 0 aliphatic carbocycles. The number of hydrogen-bond acceptors (Lipinski definition) is 4. The molecule has 0 saturated carbocycles. The highest BCUT2D eigenvalue weighted by Crippen LogP contribution is 2.22. The van der Waals surface area contributed by atoms with Crippen LogP contribution < -0.4 is 4.87 Å². The van der Waals surface area contributed by atoms with Crippen molar-refractivity contribution in [2.24, 2.45) is 0 Å². The third kappa shape index (κ3) is 3.19. The third-order valence-electron chi connectivity index (χ3n) is 2.41. The zero-order valence-electron chi connectivity index (χ0n) is 9.64. The number of rotatable bonds is 4. The summed E-state index contributed by atoms with van der Waals surface area (Å²) in [6.45, 7) is 3.37. The van der Waals surface area contributed by atoms with Crippen molar-refractivity contribution in [3.63, 3.8) is 0 Å². The molecule has 0 unspecified atom stereocenters. The van der Waals surface area contributed by atoms with Crippen LogP contribution in [0.4, 0.5) is 0 Å². The molecule has 2 aromatic heterocycles. The van der Waals surface area contributed by atoms with Crippen molar-refractivity contribution in [3.8, 4) is 0 Å². The fraction of sp³-hybridized carbons (Fsp3) is 0.364. The molecule has 0 bridgehead atoms. The Morgan fingerprint density at radius 2 is 2.24 bits per heavy atom. The van der Waals surface area contributed by atoms with Gasteiger partial charge in [0.1, 0.15) is 0 Å². The van der Waals surface area contributed by atoms with E-state index in [9.17, 15) is 4.79 Å². The molecule has 6 heteroatoms. The van der Waals surface area contributed by atoms with Gasteiger partial charge < -0.3 is 0 Å². The van der Waals surface area contributed by atoms with Crippen molar-refractivity contribution in [3.05, 3.63) is 42.1 Å². The maximum absolute atomic E-state index is 11.6. The van der Waals surface area contributed by atoms with Crippen molar-refractivity contribution in [2.75, 3.05) is 7.05 Å². The predicted molar refractivity (Wildman–Crippen MR) is 74.1 cm³/mol. The van der Waals surface area contributed by atoms with Crippen LogP contribution in [-0.2, 0) is 13.2 Å². The molecule has 92 valence electrons. The lowest BCUT2D eigenvalue weighted by Gasteiger charge is -2.16. The Labute approximate surface area is 113 Å². The van der Waals surface area contributed by atoms with Gasteiger partial charge in [-0.25, -0.2) is 0 Å². The number of halogens is 1. The van der Waals surface area contributed by atoms with Gasteiger partial charge in [0.2, 0.25) is 0 Å². The van der Waals surface area contributed by atoms with Crippen LogP contribution in [0.1, 0.15) is 10.6 Å². The minimum absolute atomic E-state index is 0.0959. The van der Waals surface area contributed by atoms with Gasteiger partial charge in [-0.1, -0.05) is 22.9 Å². The lowest BCUT2D eigenvalue weighted by Crippen LogP contribution is -2.27. The molecule has 3 nitrogen and oxygen atoms in total. The first-order valence-electron chi connectivity index (χ1n) is 5.14. The fourth-order valence-corrected chi connectivity index (χ4v) is 3.47. The first kappa shape index (κ1) is 12.8. The zero-order valence-corrected chi connectivity index (χ0v) is 12.0. The molecule has 2 aromatic rings. The number of aryl methyl sites for hydroxylation is 1. The quantitative estimate of drug-likeness (QED) is 0.864. The summed E-state index contributed by atoms with van der Waals surface area (Å²) in [6, 6.07) is 3.92. The van der Waals surface area contributed by atoms with Gasteiger partial charge in [-0.05, 0) is 26.1 Å². The summed E-state index contributed by atoms with van der Waals surface area (Å²) in [5, 5.41) is 1.89. The first-order valence-corrected chi connectivity index (χ1v) is 7.21. The SMILES string of the molecule is Cc1csc(=O)n1CN(C)Cc1ccc(Cl)s1. The van der Waals surface area contributed by atoms with E-state index in [1.807, 2.05) is 31.5 Å². The largest absolute Gasteiger partial charge is 0.308 e. The molecule has 17 heavy (non-hydrogen) atoms. The minimum atomic E-state index is 0.0959. The Balaban J connectivity index is 2.02. The van der Waals surface area contributed by atoms with Crippen LogP contribution in [0.2, 0.25) is 4.34 Å². The van der Waals surface area contributed by atoms with Gasteiger partial charge in [-0.3, -0.25) is 14.3 Å². The molecular formula is C11H13ClN2OS2. The van der Waals surface area contributed by atoms with Crippen molar-refractivity contribution < 1.29 is 0 Å². The zero-order chi connectivity index (χ0) is 12.4. The highest BCUT2D eigenvalue weighted by molar-refractivity contribution is 7.16. The average Bonchev–Trinajstić information content (AvgIpc) is 2.79. The molecule has 0 spiro atoms. The van der Waals surface area contributed by atoms with Gasteiger partial charge in [0.05, 0.1) is 11.0 Å². The highest BCUT2D eigenvalue weighted by atomic mass is 35.5.